The van der Waals surface area contributed by atoms with Gasteiger partial charge in [0.2, 0.25) is 5.91 Å². The van der Waals surface area contributed by atoms with Crippen LogP contribution in [0.2, 0.25) is 5.02 Å². The van der Waals surface area contributed by atoms with E-state index in [2.05, 4.69) is 32.9 Å². The first kappa shape index (κ1) is 23.8. The minimum absolute atomic E-state index is 0.0198. The first-order valence-corrected chi connectivity index (χ1v) is 11.6. The van der Waals surface area contributed by atoms with Gasteiger partial charge in [0.1, 0.15) is 0 Å². The van der Waals surface area contributed by atoms with Crippen LogP contribution in [-0.4, -0.2) is 40.1 Å². The Hall–Kier alpha value is -1.85. The number of aryl methyl sites for hydroxylation is 1. The van der Waals surface area contributed by atoms with Gasteiger partial charge in [-0.3, -0.25) is 9.59 Å². The first-order chi connectivity index (χ1) is 14.6. The van der Waals surface area contributed by atoms with Gasteiger partial charge in [0, 0.05) is 42.1 Å². The molecule has 1 amide bonds. The van der Waals surface area contributed by atoms with Crippen LogP contribution < -0.4 is 0 Å². The Morgan fingerprint density at radius 3 is 2.68 bits per heavy atom. The summed E-state index contributed by atoms with van der Waals surface area (Å²) < 4.78 is 0. The molecule has 0 spiro atoms. The van der Waals surface area contributed by atoms with Crippen molar-refractivity contribution >= 4 is 23.5 Å². The molecule has 1 aliphatic heterocycles. The summed E-state index contributed by atoms with van der Waals surface area (Å²) >= 11 is 6.70. The van der Waals surface area contributed by atoms with E-state index in [0.29, 0.717) is 0 Å². The number of aliphatic hydroxyl groups excluding tert-OH is 1. The van der Waals surface area contributed by atoms with Gasteiger partial charge in [0.15, 0.2) is 0 Å². The number of aliphatic hydroxyl groups is 1. The summed E-state index contributed by atoms with van der Waals surface area (Å²) in [5, 5.41) is 19.8. The number of hydrogen-bond acceptors (Lipinski definition) is 3. The van der Waals surface area contributed by atoms with Crippen molar-refractivity contribution in [2.75, 3.05) is 13.2 Å². The van der Waals surface area contributed by atoms with Crippen LogP contribution in [0.1, 0.15) is 70.4 Å². The van der Waals surface area contributed by atoms with E-state index in [1.807, 2.05) is 12.3 Å². The second kappa shape index (κ2) is 9.33. The number of rotatable bonds is 7. The highest BCUT2D eigenvalue weighted by Gasteiger charge is 2.47. The molecule has 2 unspecified atom stereocenters. The molecule has 1 aliphatic carbocycles. The second-order valence-corrected chi connectivity index (χ2v) is 10.6. The van der Waals surface area contributed by atoms with Crippen LogP contribution >= 0.6 is 11.6 Å². The largest absolute Gasteiger partial charge is 0.481 e. The van der Waals surface area contributed by atoms with Gasteiger partial charge < -0.3 is 15.1 Å². The Kier molecular flexibility index (Phi) is 7.17. The van der Waals surface area contributed by atoms with Crippen LogP contribution in [0.4, 0.5) is 0 Å². The van der Waals surface area contributed by atoms with E-state index < -0.39 is 11.4 Å². The van der Waals surface area contributed by atoms with Gasteiger partial charge >= 0.3 is 5.97 Å². The molecule has 2 atom stereocenters. The summed E-state index contributed by atoms with van der Waals surface area (Å²) in [7, 11) is 0. The molecule has 2 aliphatic rings. The van der Waals surface area contributed by atoms with Crippen molar-refractivity contribution in [1.82, 2.24) is 4.90 Å². The minimum atomic E-state index is -0.928. The average molecular weight is 448 g/mol. The molecule has 170 valence electrons. The Morgan fingerprint density at radius 1 is 1.32 bits per heavy atom. The van der Waals surface area contributed by atoms with Crippen LogP contribution in [0.5, 0.6) is 0 Å². The predicted molar refractivity (Wildman–Crippen MR) is 122 cm³/mol. The van der Waals surface area contributed by atoms with E-state index in [4.69, 9.17) is 16.7 Å². The maximum Gasteiger partial charge on any atom is 0.305 e. The predicted octanol–water partition coefficient (Wildman–Crippen LogP) is 4.94. The molecule has 0 radical (unpaired) electrons. The standard InChI is InChI=1S/C25H34ClNO4/c1-24(2,3)11-8-17-6-7-19(13-21(17)26)25-10-4-5-18(16-28)20(25)15-27(22(29)14-25)12-9-23(30)31/h6-7,13,15,18,28H,4-5,8-12,14,16H2,1-3H3,(H,30,31). The lowest BCUT2D eigenvalue weighted by Crippen LogP contribution is -2.47. The van der Waals surface area contributed by atoms with E-state index in [-0.39, 0.29) is 43.2 Å². The molecule has 31 heavy (non-hydrogen) atoms. The van der Waals surface area contributed by atoms with E-state index in [0.717, 1.165) is 53.8 Å². The third kappa shape index (κ3) is 5.32. The number of hydrogen-bond donors (Lipinski definition) is 2. The highest BCUT2D eigenvalue weighted by Crippen LogP contribution is 2.51. The zero-order chi connectivity index (χ0) is 22.8. The van der Waals surface area contributed by atoms with Gasteiger partial charge in [0.05, 0.1) is 6.42 Å². The van der Waals surface area contributed by atoms with Gasteiger partial charge in [-0.05, 0) is 53.9 Å². The molecule has 3 rings (SSSR count). The van der Waals surface area contributed by atoms with E-state index >= 15 is 0 Å². The highest BCUT2D eigenvalue weighted by atomic mass is 35.5. The number of amides is 1. The lowest BCUT2D eigenvalue weighted by atomic mass is 9.59. The Balaban J connectivity index is 1.97. The topological polar surface area (TPSA) is 77.8 Å². The first-order valence-electron chi connectivity index (χ1n) is 11.2. The second-order valence-electron chi connectivity index (χ2n) is 10.2. The quantitative estimate of drug-likeness (QED) is 0.620. The van der Waals surface area contributed by atoms with Crippen molar-refractivity contribution in [1.29, 1.82) is 0 Å². The summed E-state index contributed by atoms with van der Waals surface area (Å²) in [6.45, 7) is 6.81. The number of nitrogens with zero attached hydrogens (tertiary/aromatic N) is 1. The Labute approximate surface area is 190 Å². The van der Waals surface area contributed by atoms with Crippen LogP contribution in [0.25, 0.3) is 0 Å². The molecule has 0 bridgehead atoms. The number of carboxylic acid groups (broad SMARTS) is 1. The molecule has 1 saturated carbocycles. The fourth-order valence-corrected chi connectivity index (χ4v) is 5.20. The molecular formula is C25H34ClNO4. The molecule has 2 N–H and O–H groups in total. The smallest absolute Gasteiger partial charge is 0.305 e. The van der Waals surface area contributed by atoms with Gasteiger partial charge in [0.25, 0.3) is 0 Å². The summed E-state index contributed by atoms with van der Waals surface area (Å²) in [6.07, 6.45) is 6.55. The van der Waals surface area contributed by atoms with E-state index in [1.54, 1.807) is 0 Å². The zero-order valence-corrected chi connectivity index (χ0v) is 19.5. The summed E-state index contributed by atoms with van der Waals surface area (Å²) in [4.78, 5) is 25.5. The van der Waals surface area contributed by atoms with Crippen molar-refractivity contribution in [3.63, 3.8) is 0 Å². The average Bonchev–Trinajstić information content (AvgIpc) is 2.69. The lowest BCUT2D eigenvalue weighted by molar-refractivity contribution is -0.138. The maximum absolute atomic E-state index is 13.0. The summed E-state index contributed by atoms with van der Waals surface area (Å²) in [5.74, 6) is -1.03. The molecular weight excluding hydrogens is 414 g/mol. The fraction of sp³-hybridized carbons (Fsp3) is 0.600. The summed E-state index contributed by atoms with van der Waals surface area (Å²) in [6, 6.07) is 6.19. The molecule has 0 saturated heterocycles. The van der Waals surface area contributed by atoms with Gasteiger partial charge in [-0.15, -0.1) is 0 Å². The van der Waals surface area contributed by atoms with Crippen molar-refractivity contribution < 1.29 is 19.8 Å². The van der Waals surface area contributed by atoms with Crippen molar-refractivity contribution in [2.45, 2.75) is 71.1 Å². The van der Waals surface area contributed by atoms with Crippen molar-refractivity contribution in [3.05, 3.63) is 46.1 Å². The molecule has 5 nitrogen and oxygen atoms in total. The summed E-state index contributed by atoms with van der Waals surface area (Å²) in [5.41, 5.74) is 2.91. The third-order valence-corrected chi connectivity index (χ3v) is 7.11. The molecule has 1 aromatic rings. The van der Waals surface area contributed by atoms with Crippen LogP contribution in [0.3, 0.4) is 0 Å². The lowest BCUT2D eigenvalue weighted by Gasteiger charge is -2.47. The van der Waals surface area contributed by atoms with Gasteiger partial charge in [-0.2, -0.15) is 0 Å². The molecule has 6 heteroatoms. The van der Waals surface area contributed by atoms with E-state index in [9.17, 15) is 14.7 Å². The number of carbonyl (C=O) groups is 2. The minimum Gasteiger partial charge on any atom is -0.481 e. The molecule has 1 heterocycles. The molecule has 1 fully saturated rings. The molecule has 1 aromatic carbocycles. The number of carbonyl (C=O) groups excluding carboxylic acids is 1. The number of carboxylic acids is 1. The third-order valence-electron chi connectivity index (χ3n) is 6.75. The van der Waals surface area contributed by atoms with Crippen LogP contribution in [0.15, 0.2) is 30.0 Å². The van der Waals surface area contributed by atoms with Gasteiger partial charge in [-0.25, -0.2) is 0 Å². The monoisotopic (exact) mass is 447 g/mol. The zero-order valence-electron chi connectivity index (χ0n) is 18.8. The van der Waals surface area contributed by atoms with Crippen LogP contribution in [-0.2, 0) is 21.4 Å². The normalized spacial score (nSPS) is 24.0. The maximum atomic E-state index is 13.0. The number of halogens is 1. The number of fused-ring (bicyclic) bond motifs is 1. The van der Waals surface area contributed by atoms with Crippen molar-refractivity contribution in [3.8, 4) is 0 Å². The Morgan fingerprint density at radius 2 is 2.06 bits per heavy atom. The number of benzene rings is 1. The van der Waals surface area contributed by atoms with Gasteiger partial charge in [-0.1, -0.05) is 50.9 Å². The fourth-order valence-electron chi connectivity index (χ4n) is 4.93. The SMILES string of the molecule is CC(C)(C)CCc1ccc(C23CCCC(CO)C2=CN(CCC(=O)O)C(=O)C3)cc1Cl. The van der Waals surface area contributed by atoms with Crippen molar-refractivity contribution in [2.24, 2.45) is 11.3 Å². The highest BCUT2D eigenvalue weighted by molar-refractivity contribution is 6.31. The van der Waals surface area contributed by atoms with Crippen LogP contribution in [0, 0.1) is 11.3 Å². The molecule has 0 aromatic heterocycles. The van der Waals surface area contributed by atoms with E-state index in [1.165, 1.54) is 4.90 Å². The number of aliphatic carboxylic acids is 1. The Bertz CT molecular complexity index is 873.